The van der Waals surface area contributed by atoms with E-state index in [9.17, 15) is 9.90 Å². The molecule has 0 aliphatic carbocycles. The number of carbonyl (C=O) groups excluding carboxylic acids is 1. The van der Waals surface area contributed by atoms with Crippen molar-refractivity contribution >= 4 is 35.1 Å². The number of benzene rings is 1. The summed E-state index contributed by atoms with van der Waals surface area (Å²) in [5.41, 5.74) is 1.30. The number of aliphatic hydroxyl groups is 1. The van der Waals surface area contributed by atoms with Crippen molar-refractivity contribution in [3.05, 3.63) is 45.6 Å². The quantitative estimate of drug-likeness (QED) is 0.799. The minimum Gasteiger partial charge on any atom is -0.387 e. The highest BCUT2D eigenvalue weighted by molar-refractivity contribution is 6.35. The number of aryl methyl sites for hydroxylation is 2. The summed E-state index contributed by atoms with van der Waals surface area (Å²) in [4.78, 5) is 11.8. The zero-order chi connectivity index (χ0) is 16.3. The molecule has 22 heavy (non-hydrogen) atoms. The second kappa shape index (κ2) is 7.00. The molecule has 0 aliphatic rings. The maximum absolute atomic E-state index is 11.8. The molecular weight excluding hydrogens is 327 g/mol. The first-order valence-electron chi connectivity index (χ1n) is 6.55. The van der Waals surface area contributed by atoms with Crippen LogP contribution in [-0.2, 0) is 7.05 Å². The van der Waals surface area contributed by atoms with Crippen molar-refractivity contribution in [2.24, 2.45) is 7.05 Å². The Hall–Kier alpha value is -1.76. The van der Waals surface area contributed by atoms with Gasteiger partial charge in [0.25, 0.3) is 0 Å². The molecular formula is C14H16Cl2N4O2. The van der Waals surface area contributed by atoms with Gasteiger partial charge in [0.15, 0.2) is 0 Å². The summed E-state index contributed by atoms with van der Waals surface area (Å²) in [5.74, 6) is 0.564. The fraction of sp³-hybridized carbons (Fsp3) is 0.286. The molecule has 0 saturated heterocycles. The number of hydrogen-bond acceptors (Lipinski definition) is 3. The van der Waals surface area contributed by atoms with Gasteiger partial charge in [0.2, 0.25) is 0 Å². The Balaban J connectivity index is 1.91. The number of rotatable bonds is 4. The lowest BCUT2D eigenvalue weighted by atomic mass is 10.1. The molecule has 0 spiro atoms. The zero-order valence-corrected chi connectivity index (χ0v) is 13.6. The summed E-state index contributed by atoms with van der Waals surface area (Å²) >= 11 is 11.8. The van der Waals surface area contributed by atoms with Crippen LogP contribution in [0, 0.1) is 6.92 Å². The molecule has 0 fully saturated rings. The number of aromatic nitrogens is 2. The molecule has 1 aromatic heterocycles. The third kappa shape index (κ3) is 4.13. The van der Waals surface area contributed by atoms with Crippen LogP contribution in [0.15, 0.2) is 24.3 Å². The third-order valence-corrected chi connectivity index (χ3v) is 3.58. The number of aliphatic hydroxyl groups excluding tert-OH is 1. The molecule has 3 N–H and O–H groups in total. The largest absolute Gasteiger partial charge is 0.387 e. The number of anilines is 1. The molecule has 2 rings (SSSR count). The maximum atomic E-state index is 11.8. The van der Waals surface area contributed by atoms with Crippen LogP contribution in [-0.4, -0.2) is 27.5 Å². The molecule has 6 nitrogen and oxygen atoms in total. The van der Waals surface area contributed by atoms with E-state index in [1.54, 1.807) is 36.0 Å². The van der Waals surface area contributed by atoms with Gasteiger partial charge >= 0.3 is 6.03 Å². The molecule has 8 heteroatoms. The Bertz CT molecular complexity index is 687. The van der Waals surface area contributed by atoms with Crippen LogP contribution in [0.1, 0.15) is 17.4 Å². The average molecular weight is 343 g/mol. The van der Waals surface area contributed by atoms with Crippen molar-refractivity contribution in [3.63, 3.8) is 0 Å². The van der Waals surface area contributed by atoms with Crippen LogP contribution < -0.4 is 10.6 Å². The minimum absolute atomic E-state index is 0.0179. The van der Waals surface area contributed by atoms with Gasteiger partial charge in [0.1, 0.15) is 5.82 Å². The highest BCUT2D eigenvalue weighted by Gasteiger charge is 2.14. The van der Waals surface area contributed by atoms with E-state index in [4.69, 9.17) is 23.2 Å². The van der Waals surface area contributed by atoms with E-state index in [0.717, 1.165) is 5.69 Å². The predicted octanol–water partition coefficient (Wildman–Crippen LogP) is 2.89. The van der Waals surface area contributed by atoms with Gasteiger partial charge in [-0.3, -0.25) is 10.00 Å². The highest BCUT2D eigenvalue weighted by Crippen LogP contribution is 2.25. The first kappa shape index (κ1) is 16.6. The Morgan fingerprint density at radius 1 is 1.41 bits per heavy atom. The minimum atomic E-state index is -0.927. The summed E-state index contributed by atoms with van der Waals surface area (Å²) in [6, 6.07) is 6.10. The van der Waals surface area contributed by atoms with E-state index in [0.29, 0.717) is 21.4 Å². The highest BCUT2D eigenvalue weighted by atomic mass is 35.5. The molecule has 0 unspecified atom stereocenters. The lowest BCUT2D eigenvalue weighted by Crippen LogP contribution is -2.33. The standard InChI is InChI=1S/C14H16Cl2N4O2/c1-8-5-13(20(2)19-8)18-14(22)17-7-12(21)10-4-3-9(15)6-11(10)16/h3-6,12,21H,7H2,1-2H3,(H2,17,18,22)/t12-/m0/s1. The van der Waals surface area contributed by atoms with Crippen molar-refractivity contribution in [1.82, 2.24) is 15.1 Å². The molecule has 1 heterocycles. The Kier molecular flexibility index (Phi) is 5.28. The molecule has 2 aromatic rings. The van der Waals surface area contributed by atoms with Gasteiger partial charge in [0, 0.05) is 35.3 Å². The molecule has 0 saturated carbocycles. The van der Waals surface area contributed by atoms with Gasteiger partial charge in [-0.1, -0.05) is 29.3 Å². The summed E-state index contributed by atoms with van der Waals surface area (Å²) in [6.45, 7) is 1.85. The lowest BCUT2D eigenvalue weighted by Gasteiger charge is -2.14. The predicted molar refractivity (Wildman–Crippen MR) is 86.4 cm³/mol. The third-order valence-electron chi connectivity index (χ3n) is 3.02. The van der Waals surface area contributed by atoms with E-state index in [-0.39, 0.29) is 6.54 Å². The van der Waals surface area contributed by atoms with Crippen molar-refractivity contribution in [2.75, 3.05) is 11.9 Å². The number of amides is 2. The van der Waals surface area contributed by atoms with Crippen LogP contribution in [0.2, 0.25) is 10.0 Å². The lowest BCUT2D eigenvalue weighted by molar-refractivity contribution is 0.175. The number of nitrogens with one attached hydrogen (secondary N) is 2. The van der Waals surface area contributed by atoms with Gasteiger partial charge < -0.3 is 10.4 Å². The maximum Gasteiger partial charge on any atom is 0.320 e. The molecule has 0 radical (unpaired) electrons. The van der Waals surface area contributed by atoms with Crippen molar-refractivity contribution in [1.29, 1.82) is 0 Å². The Morgan fingerprint density at radius 2 is 2.14 bits per heavy atom. The van der Waals surface area contributed by atoms with Crippen molar-refractivity contribution in [3.8, 4) is 0 Å². The van der Waals surface area contributed by atoms with E-state index >= 15 is 0 Å². The second-order valence-corrected chi connectivity index (χ2v) is 5.65. The van der Waals surface area contributed by atoms with E-state index in [1.165, 1.54) is 0 Å². The van der Waals surface area contributed by atoms with E-state index in [1.807, 2.05) is 6.92 Å². The van der Waals surface area contributed by atoms with E-state index in [2.05, 4.69) is 15.7 Å². The van der Waals surface area contributed by atoms with Gasteiger partial charge in [-0.05, 0) is 19.1 Å². The topological polar surface area (TPSA) is 79.2 Å². The SMILES string of the molecule is Cc1cc(NC(=O)NC[C@H](O)c2ccc(Cl)cc2Cl)n(C)n1. The van der Waals surface area contributed by atoms with Crippen molar-refractivity contribution < 1.29 is 9.90 Å². The van der Waals surface area contributed by atoms with E-state index < -0.39 is 12.1 Å². The van der Waals surface area contributed by atoms with Crippen molar-refractivity contribution in [2.45, 2.75) is 13.0 Å². The fourth-order valence-electron chi connectivity index (χ4n) is 1.96. The zero-order valence-electron chi connectivity index (χ0n) is 12.1. The molecule has 2 amide bonds. The van der Waals surface area contributed by atoms with Crippen LogP contribution in [0.5, 0.6) is 0 Å². The summed E-state index contributed by atoms with van der Waals surface area (Å²) < 4.78 is 1.56. The van der Waals surface area contributed by atoms with Crippen LogP contribution >= 0.6 is 23.2 Å². The molecule has 118 valence electrons. The summed E-state index contributed by atoms with van der Waals surface area (Å²) in [6.07, 6.45) is -0.927. The van der Waals surface area contributed by atoms with Gasteiger partial charge in [-0.15, -0.1) is 0 Å². The Labute approximate surface area is 138 Å². The molecule has 0 bridgehead atoms. The van der Waals surface area contributed by atoms with Gasteiger partial charge in [0.05, 0.1) is 11.8 Å². The Morgan fingerprint density at radius 3 is 2.73 bits per heavy atom. The fourth-order valence-corrected chi connectivity index (χ4v) is 2.49. The van der Waals surface area contributed by atoms with Crippen LogP contribution in [0.25, 0.3) is 0 Å². The normalized spacial score (nSPS) is 12.0. The number of nitrogens with zero attached hydrogens (tertiary/aromatic N) is 2. The molecule has 0 aliphatic heterocycles. The number of urea groups is 1. The number of hydrogen-bond donors (Lipinski definition) is 3. The average Bonchev–Trinajstić information content (AvgIpc) is 2.74. The van der Waals surface area contributed by atoms with Gasteiger partial charge in [-0.2, -0.15) is 5.10 Å². The smallest absolute Gasteiger partial charge is 0.320 e. The summed E-state index contributed by atoms with van der Waals surface area (Å²) in [7, 11) is 1.73. The second-order valence-electron chi connectivity index (χ2n) is 4.81. The monoisotopic (exact) mass is 342 g/mol. The van der Waals surface area contributed by atoms with Gasteiger partial charge in [-0.25, -0.2) is 4.79 Å². The first-order chi connectivity index (χ1) is 10.4. The molecule has 1 atom stereocenters. The number of halogens is 2. The first-order valence-corrected chi connectivity index (χ1v) is 7.31. The molecule has 1 aromatic carbocycles. The van der Waals surface area contributed by atoms with Crippen LogP contribution in [0.3, 0.4) is 0 Å². The number of carbonyl (C=O) groups is 1. The van der Waals surface area contributed by atoms with Crippen LogP contribution in [0.4, 0.5) is 10.6 Å². The summed E-state index contributed by atoms with van der Waals surface area (Å²) in [5, 5.41) is 20.3.